The van der Waals surface area contributed by atoms with E-state index in [1.54, 1.807) is 36.6 Å². The van der Waals surface area contributed by atoms with Crippen LogP contribution in [0.4, 0.5) is 13.2 Å². The fourth-order valence-electron chi connectivity index (χ4n) is 1.76. The van der Waals surface area contributed by atoms with Gasteiger partial charge in [0.15, 0.2) is 0 Å². The molecule has 0 aliphatic heterocycles. The topological polar surface area (TPSA) is 59.3 Å². The summed E-state index contributed by atoms with van der Waals surface area (Å²) in [6.07, 6.45) is -2.73. The van der Waals surface area contributed by atoms with Gasteiger partial charge in [-0.2, -0.15) is 13.2 Å². The summed E-state index contributed by atoms with van der Waals surface area (Å²) in [5.41, 5.74) is 2.44. The van der Waals surface area contributed by atoms with Gasteiger partial charge in [-0.05, 0) is 17.2 Å². The van der Waals surface area contributed by atoms with Crippen LogP contribution in [0.1, 0.15) is 12.0 Å². The number of hydrogen-bond acceptors (Lipinski definition) is 3. The molecule has 4 nitrogen and oxygen atoms in total. The first-order valence-corrected chi connectivity index (χ1v) is 8.06. The van der Waals surface area contributed by atoms with Gasteiger partial charge in [-0.1, -0.05) is 24.3 Å². The average Bonchev–Trinajstić information content (AvgIpc) is 2.97. The van der Waals surface area contributed by atoms with Crippen LogP contribution in [0.25, 0.3) is 11.1 Å². The standard InChI is InChI=1S/C14H14F3NO3S/c15-14(16,17)6-8-22(19,20)18-9-11-1-3-12(4-2-11)13-5-7-21-10-13/h1-5,7,10,18H,6,8-9H2. The Morgan fingerprint density at radius 1 is 1.05 bits per heavy atom. The number of halogens is 3. The zero-order valence-electron chi connectivity index (χ0n) is 11.4. The smallest absolute Gasteiger partial charge is 0.390 e. The van der Waals surface area contributed by atoms with E-state index in [9.17, 15) is 21.6 Å². The van der Waals surface area contributed by atoms with Crippen LogP contribution in [0.2, 0.25) is 0 Å². The molecule has 1 aromatic carbocycles. The number of rotatable bonds is 6. The molecule has 0 atom stereocenters. The summed E-state index contributed by atoms with van der Waals surface area (Å²) in [6.45, 7) is -0.0497. The number of nitrogens with one attached hydrogen (secondary N) is 1. The molecule has 0 unspecified atom stereocenters. The number of furan rings is 1. The van der Waals surface area contributed by atoms with Gasteiger partial charge in [0, 0.05) is 12.1 Å². The molecule has 0 amide bonds. The van der Waals surface area contributed by atoms with Crippen LogP contribution in [-0.2, 0) is 16.6 Å². The van der Waals surface area contributed by atoms with Crippen molar-refractivity contribution in [2.75, 3.05) is 5.75 Å². The van der Waals surface area contributed by atoms with Crippen LogP contribution in [0, 0.1) is 0 Å². The maximum Gasteiger partial charge on any atom is 0.390 e. The van der Waals surface area contributed by atoms with Gasteiger partial charge < -0.3 is 4.42 Å². The number of benzene rings is 1. The molecule has 0 aliphatic rings. The first kappa shape index (κ1) is 16.6. The van der Waals surface area contributed by atoms with E-state index < -0.39 is 28.4 Å². The fraction of sp³-hybridized carbons (Fsp3) is 0.286. The Morgan fingerprint density at radius 2 is 1.73 bits per heavy atom. The maximum absolute atomic E-state index is 12.0. The molecule has 0 spiro atoms. The highest BCUT2D eigenvalue weighted by molar-refractivity contribution is 7.89. The molecule has 0 bridgehead atoms. The molecule has 120 valence electrons. The lowest BCUT2D eigenvalue weighted by molar-refractivity contribution is -0.129. The SMILES string of the molecule is O=S(=O)(CCC(F)(F)F)NCc1ccc(-c2ccoc2)cc1. The van der Waals surface area contributed by atoms with Crippen LogP contribution in [0.3, 0.4) is 0 Å². The Kier molecular flexibility index (Phi) is 4.92. The number of alkyl halides is 3. The van der Waals surface area contributed by atoms with Crippen molar-refractivity contribution < 1.29 is 26.0 Å². The van der Waals surface area contributed by atoms with Crippen molar-refractivity contribution in [2.45, 2.75) is 19.1 Å². The fourth-order valence-corrected chi connectivity index (χ4v) is 2.79. The van der Waals surface area contributed by atoms with E-state index in [0.29, 0.717) is 5.56 Å². The summed E-state index contributed by atoms with van der Waals surface area (Å²) < 4.78 is 66.2. The van der Waals surface area contributed by atoms with Crippen LogP contribution < -0.4 is 4.72 Å². The third-order valence-corrected chi connectivity index (χ3v) is 4.28. The Labute approximate surface area is 126 Å². The molecule has 0 radical (unpaired) electrons. The predicted octanol–water partition coefficient (Wildman–Crippen LogP) is 3.32. The molecule has 1 aromatic heterocycles. The van der Waals surface area contributed by atoms with Crippen molar-refractivity contribution >= 4 is 10.0 Å². The Bertz CT molecular complexity index is 692. The van der Waals surface area contributed by atoms with Crippen LogP contribution in [0.15, 0.2) is 47.3 Å². The van der Waals surface area contributed by atoms with Crippen molar-refractivity contribution in [3.63, 3.8) is 0 Å². The van der Waals surface area contributed by atoms with E-state index in [1.807, 2.05) is 0 Å². The van der Waals surface area contributed by atoms with Crippen LogP contribution in [-0.4, -0.2) is 20.3 Å². The molecular weight excluding hydrogens is 319 g/mol. The zero-order valence-corrected chi connectivity index (χ0v) is 12.2. The van der Waals surface area contributed by atoms with Gasteiger partial charge in [-0.15, -0.1) is 0 Å². The third kappa shape index (κ3) is 5.19. The van der Waals surface area contributed by atoms with E-state index in [4.69, 9.17) is 4.42 Å². The highest BCUT2D eigenvalue weighted by Gasteiger charge is 2.29. The summed E-state index contributed by atoms with van der Waals surface area (Å²) >= 11 is 0. The molecule has 8 heteroatoms. The second-order valence-electron chi connectivity index (χ2n) is 4.71. The Balaban J connectivity index is 1.91. The molecule has 1 N–H and O–H groups in total. The normalized spacial score (nSPS) is 12.5. The van der Waals surface area contributed by atoms with Crippen molar-refractivity contribution in [1.82, 2.24) is 4.72 Å². The van der Waals surface area contributed by atoms with Crippen molar-refractivity contribution in [1.29, 1.82) is 0 Å². The summed E-state index contributed by atoms with van der Waals surface area (Å²) in [7, 11) is -3.95. The van der Waals surface area contributed by atoms with E-state index >= 15 is 0 Å². The van der Waals surface area contributed by atoms with Gasteiger partial charge in [0.25, 0.3) is 0 Å². The second-order valence-corrected chi connectivity index (χ2v) is 6.64. The van der Waals surface area contributed by atoms with Gasteiger partial charge in [0.05, 0.1) is 24.7 Å². The van der Waals surface area contributed by atoms with E-state index in [2.05, 4.69) is 4.72 Å². The summed E-state index contributed by atoms with van der Waals surface area (Å²) in [5.74, 6) is -0.969. The number of hydrogen-bond donors (Lipinski definition) is 1. The maximum atomic E-state index is 12.0. The molecular formula is C14H14F3NO3S. The van der Waals surface area contributed by atoms with E-state index in [0.717, 1.165) is 11.1 Å². The Morgan fingerprint density at radius 3 is 2.27 bits per heavy atom. The van der Waals surface area contributed by atoms with Crippen molar-refractivity contribution in [2.24, 2.45) is 0 Å². The molecule has 22 heavy (non-hydrogen) atoms. The van der Waals surface area contributed by atoms with Gasteiger partial charge >= 0.3 is 6.18 Å². The third-order valence-electron chi connectivity index (χ3n) is 2.96. The molecule has 2 aromatic rings. The molecule has 2 rings (SSSR count). The zero-order chi connectivity index (χ0) is 16.2. The quantitative estimate of drug-likeness (QED) is 0.882. The van der Waals surface area contributed by atoms with E-state index in [1.165, 1.54) is 6.26 Å². The monoisotopic (exact) mass is 333 g/mol. The average molecular weight is 333 g/mol. The molecule has 0 saturated heterocycles. The lowest BCUT2D eigenvalue weighted by Gasteiger charge is -2.09. The number of sulfonamides is 1. The van der Waals surface area contributed by atoms with Gasteiger partial charge in [0.1, 0.15) is 0 Å². The summed E-state index contributed by atoms with van der Waals surface area (Å²) in [5, 5.41) is 0. The molecule has 0 fully saturated rings. The summed E-state index contributed by atoms with van der Waals surface area (Å²) in [6, 6.07) is 8.76. The minimum absolute atomic E-state index is 0.0497. The lowest BCUT2D eigenvalue weighted by atomic mass is 10.1. The first-order valence-electron chi connectivity index (χ1n) is 6.41. The minimum atomic E-state index is -4.49. The van der Waals surface area contributed by atoms with Crippen LogP contribution >= 0.6 is 0 Å². The molecule has 0 aliphatic carbocycles. The van der Waals surface area contributed by atoms with Gasteiger partial charge in [-0.3, -0.25) is 0 Å². The summed E-state index contributed by atoms with van der Waals surface area (Å²) in [4.78, 5) is 0. The second kappa shape index (κ2) is 6.53. The van der Waals surface area contributed by atoms with Gasteiger partial charge in [-0.25, -0.2) is 13.1 Å². The Hall–Kier alpha value is -1.80. The largest absolute Gasteiger partial charge is 0.472 e. The predicted molar refractivity (Wildman–Crippen MR) is 75.4 cm³/mol. The molecule has 1 heterocycles. The van der Waals surface area contributed by atoms with Crippen molar-refractivity contribution in [3.8, 4) is 11.1 Å². The molecule has 0 saturated carbocycles. The lowest BCUT2D eigenvalue weighted by Crippen LogP contribution is -2.28. The van der Waals surface area contributed by atoms with Crippen LogP contribution in [0.5, 0.6) is 0 Å². The van der Waals surface area contributed by atoms with Crippen molar-refractivity contribution in [3.05, 3.63) is 48.4 Å². The minimum Gasteiger partial charge on any atom is -0.472 e. The first-order chi connectivity index (χ1) is 10.3. The van der Waals surface area contributed by atoms with Gasteiger partial charge in [0.2, 0.25) is 10.0 Å². The highest BCUT2D eigenvalue weighted by atomic mass is 32.2. The van der Waals surface area contributed by atoms with E-state index in [-0.39, 0.29) is 6.54 Å². The highest BCUT2D eigenvalue weighted by Crippen LogP contribution is 2.21.